The summed E-state index contributed by atoms with van der Waals surface area (Å²) < 4.78 is 5.88. The third kappa shape index (κ3) is 3.51. The van der Waals surface area contributed by atoms with Crippen molar-refractivity contribution < 1.29 is 19.4 Å². The highest BCUT2D eigenvalue weighted by Gasteiger charge is 2.51. The minimum absolute atomic E-state index is 0.0122. The van der Waals surface area contributed by atoms with Gasteiger partial charge in [-0.3, -0.25) is 9.59 Å². The number of Topliss-reactive ketones (excluding diaryl/α,β-unsaturated/α-hetero) is 1. The van der Waals surface area contributed by atoms with Gasteiger partial charge in [-0.25, -0.2) is 0 Å². The van der Waals surface area contributed by atoms with Crippen LogP contribution < -0.4 is 4.74 Å². The maximum absolute atomic E-state index is 12.7. The summed E-state index contributed by atoms with van der Waals surface area (Å²) in [6, 6.07) is 6.58. The van der Waals surface area contributed by atoms with E-state index in [-0.39, 0.29) is 24.0 Å². The van der Waals surface area contributed by atoms with Gasteiger partial charge in [0.1, 0.15) is 11.5 Å². The van der Waals surface area contributed by atoms with Crippen molar-refractivity contribution >= 4 is 11.8 Å². The van der Waals surface area contributed by atoms with Crippen LogP contribution >= 0.6 is 0 Å². The van der Waals surface area contributed by atoms with E-state index in [1.165, 1.54) is 11.1 Å². The minimum Gasteiger partial charge on any atom is -0.494 e. The number of unbranched alkanes of at least 4 members (excludes halogenated alkanes) is 1. The number of benzene rings is 1. The zero-order valence-electron chi connectivity index (χ0n) is 16.2. The van der Waals surface area contributed by atoms with Gasteiger partial charge in [0.2, 0.25) is 0 Å². The summed E-state index contributed by atoms with van der Waals surface area (Å²) in [7, 11) is 0. The third-order valence-electron chi connectivity index (χ3n) is 7.15. The Labute approximate surface area is 161 Å². The second-order valence-electron chi connectivity index (χ2n) is 8.65. The molecule has 5 atom stereocenters. The molecule has 0 spiro atoms. The van der Waals surface area contributed by atoms with Crippen molar-refractivity contribution in [1.29, 1.82) is 0 Å². The van der Waals surface area contributed by atoms with E-state index >= 15 is 0 Å². The highest BCUT2D eigenvalue weighted by molar-refractivity contribution is 5.89. The van der Waals surface area contributed by atoms with Crippen LogP contribution in [0.5, 0.6) is 5.75 Å². The molecule has 4 rings (SSSR count). The predicted octanol–water partition coefficient (Wildman–Crippen LogP) is 4.60. The fourth-order valence-corrected chi connectivity index (χ4v) is 5.93. The van der Waals surface area contributed by atoms with E-state index in [0.29, 0.717) is 17.8 Å². The molecule has 0 heterocycles. The standard InChI is InChI=1S/C23H30O4/c1-2-3-10-27-16-5-7-17-14(11-16)4-6-19-18(17)8-9-20-21(19)12-15(23(20)26)13-22(24)25/h5,7,11,15,18-21H,2-4,6,8-10,12-13H2,1H3,(H,24,25). The first-order valence-corrected chi connectivity index (χ1v) is 10.6. The van der Waals surface area contributed by atoms with Gasteiger partial charge in [-0.05, 0) is 79.5 Å². The topological polar surface area (TPSA) is 63.6 Å². The number of carbonyl (C=O) groups is 2. The molecule has 0 aromatic heterocycles. The summed E-state index contributed by atoms with van der Waals surface area (Å²) >= 11 is 0. The Kier molecular flexibility index (Phi) is 5.25. The van der Waals surface area contributed by atoms with E-state index in [2.05, 4.69) is 25.1 Å². The van der Waals surface area contributed by atoms with E-state index in [1.807, 2.05) is 0 Å². The molecule has 0 aliphatic heterocycles. The first-order chi connectivity index (χ1) is 13.1. The molecule has 0 radical (unpaired) electrons. The van der Waals surface area contributed by atoms with Gasteiger partial charge in [-0.1, -0.05) is 19.4 Å². The predicted molar refractivity (Wildman–Crippen MR) is 103 cm³/mol. The highest BCUT2D eigenvalue weighted by Crippen LogP contribution is 2.55. The summed E-state index contributed by atoms with van der Waals surface area (Å²) in [5.74, 6) is 1.66. The van der Waals surface area contributed by atoms with Crippen molar-refractivity contribution in [1.82, 2.24) is 0 Å². The van der Waals surface area contributed by atoms with E-state index in [4.69, 9.17) is 9.84 Å². The molecule has 0 amide bonds. The van der Waals surface area contributed by atoms with Crippen molar-refractivity contribution in [2.75, 3.05) is 6.61 Å². The van der Waals surface area contributed by atoms with Gasteiger partial charge in [0.25, 0.3) is 0 Å². The van der Waals surface area contributed by atoms with Crippen LogP contribution in [0.4, 0.5) is 0 Å². The third-order valence-corrected chi connectivity index (χ3v) is 7.15. The normalized spacial score (nSPS) is 31.7. The van der Waals surface area contributed by atoms with Crippen LogP contribution in [0.1, 0.15) is 68.9 Å². The molecule has 4 heteroatoms. The molecule has 2 fully saturated rings. The first-order valence-electron chi connectivity index (χ1n) is 10.6. The van der Waals surface area contributed by atoms with Crippen LogP contribution in [0, 0.1) is 23.7 Å². The number of hydrogen-bond donors (Lipinski definition) is 1. The number of ketones is 1. The maximum Gasteiger partial charge on any atom is 0.304 e. The molecular formula is C23H30O4. The smallest absolute Gasteiger partial charge is 0.304 e. The highest BCUT2D eigenvalue weighted by atomic mass is 16.5. The Bertz CT molecular complexity index is 725. The minimum atomic E-state index is -0.840. The number of aryl methyl sites for hydroxylation is 1. The molecule has 3 aliphatic carbocycles. The van der Waals surface area contributed by atoms with Crippen molar-refractivity contribution in [3.8, 4) is 5.75 Å². The lowest BCUT2D eigenvalue weighted by atomic mass is 9.61. The Hall–Kier alpha value is -1.84. The van der Waals surface area contributed by atoms with Gasteiger partial charge in [0.15, 0.2) is 0 Å². The van der Waals surface area contributed by atoms with Gasteiger partial charge in [-0.15, -0.1) is 0 Å². The number of rotatable bonds is 6. The van der Waals surface area contributed by atoms with Gasteiger partial charge in [-0.2, -0.15) is 0 Å². The molecule has 0 saturated heterocycles. The van der Waals surface area contributed by atoms with Crippen LogP contribution in [0.15, 0.2) is 18.2 Å². The van der Waals surface area contributed by atoms with Crippen LogP contribution in [-0.4, -0.2) is 23.5 Å². The molecule has 27 heavy (non-hydrogen) atoms. The Morgan fingerprint density at radius 2 is 2.00 bits per heavy atom. The monoisotopic (exact) mass is 370 g/mol. The molecule has 1 aromatic rings. The number of hydrogen-bond acceptors (Lipinski definition) is 3. The van der Waals surface area contributed by atoms with E-state index < -0.39 is 5.97 Å². The summed E-state index contributed by atoms with van der Waals surface area (Å²) in [6.07, 6.45) is 7.15. The molecular weight excluding hydrogens is 340 g/mol. The van der Waals surface area contributed by atoms with Crippen molar-refractivity contribution in [3.05, 3.63) is 29.3 Å². The van der Waals surface area contributed by atoms with Gasteiger partial charge < -0.3 is 9.84 Å². The molecule has 4 nitrogen and oxygen atoms in total. The van der Waals surface area contributed by atoms with Crippen molar-refractivity contribution in [2.45, 2.75) is 64.2 Å². The Balaban J connectivity index is 1.50. The van der Waals surface area contributed by atoms with Crippen molar-refractivity contribution in [3.63, 3.8) is 0 Å². The summed E-state index contributed by atoms with van der Waals surface area (Å²) in [5, 5.41) is 9.13. The molecule has 2 saturated carbocycles. The van der Waals surface area contributed by atoms with Gasteiger partial charge in [0.05, 0.1) is 13.0 Å². The average Bonchev–Trinajstić information content (AvgIpc) is 2.97. The first kappa shape index (κ1) is 18.5. The fraction of sp³-hybridized carbons (Fsp3) is 0.652. The maximum atomic E-state index is 12.7. The van der Waals surface area contributed by atoms with Crippen LogP contribution in [0.2, 0.25) is 0 Å². The zero-order valence-corrected chi connectivity index (χ0v) is 16.2. The molecule has 5 unspecified atom stereocenters. The molecule has 1 aromatic carbocycles. The van der Waals surface area contributed by atoms with Gasteiger partial charge in [0, 0.05) is 11.8 Å². The molecule has 3 aliphatic rings. The zero-order chi connectivity index (χ0) is 19.0. The second-order valence-corrected chi connectivity index (χ2v) is 8.65. The van der Waals surface area contributed by atoms with Crippen LogP contribution in [-0.2, 0) is 16.0 Å². The van der Waals surface area contributed by atoms with Crippen molar-refractivity contribution in [2.24, 2.45) is 23.7 Å². The van der Waals surface area contributed by atoms with Gasteiger partial charge >= 0.3 is 5.97 Å². The van der Waals surface area contributed by atoms with E-state index in [0.717, 1.165) is 57.3 Å². The fourth-order valence-electron chi connectivity index (χ4n) is 5.93. The number of aliphatic carboxylic acids is 1. The average molecular weight is 370 g/mol. The lowest BCUT2D eigenvalue weighted by molar-refractivity contribution is -0.140. The quantitative estimate of drug-likeness (QED) is 0.743. The SMILES string of the molecule is CCCCOc1ccc2c(c1)CCC1C2CCC2C(=O)C(CC(=O)O)CC21. The number of carboxylic acids is 1. The lowest BCUT2D eigenvalue weighted by Gasteiger charge is -2.43. The number of carboxylic acid groups (broad SMARTS) is 1. The van der Waals surface area contributed by atoms with Crippen LogP contribution in [0.3, 0.4) is 0 Å². The lowest BCUT2D eigenvalue weighted by Crippen LogP contribution is -2.35. The molecule has 0 bridgehead atoms. The largest absolute Gasteiger partial charge is 0.494 e. The Morgan fingerprint density at radius 3 is 2.78 bits per heavy atom. The van der Waals surface area contributed by atoms with E-state index in [9.17, 15) is 9.59 Å². The summed E-state index contributed by atoms with van der Waals surface area (Å²) in [6.45, 7) is 2.94. The number of carbonyl (C=O) groups excluding carboxylic acids is 1. The van der Waals surface area contributed by atoms with E-state index in [1.54, 1.807) is 0 Å². The summed E-state index contributed by atoms with van der Waals surface area (Å²) in [5.41, 5.74) is 2.86. The molecule has 1 N–H and O–H groups in total. The molecule has 146 valence electrons. The second kappa shape index (κ2) is 7.65. The number of fused-ring (bicyclic) bond motifs is 5. The summed E-state index contributed by atoms with van der Waals surface area (Å²) in [4.78, 5) is 23.8. The van der Waals surface area contributed by atoms with Crippen LogP contribution in [0.25, 0.3) is 0 Å². The number of ether oxygens (including phenoxy) is 1. The Morgan fingerprint density at radius 1 is 1.19 bits per heavy atom.